The number of amides is 5. The van der Waals surface area contributed by atoms with Crippen molar-refractivity contribution in [1.29, 1.82) is 5.41 Å². The molecule has 0 spiro atoms. The SMILES string of the molecule is CN=CC(=CN)c1cc2c(cc1C(F)F)N(C(=N)C1CN(C(C)=O)CCC1NC1CCN(CC3CCN(CCNc4cccc5c4C(=O)N(C4CCC(=O)NC4=O)C5=O)CC3)CC1)CCC2. The van der Waals surface area contributed by atoms with E-state index in [0.29, 0.717) is 73.3 Å². The first-order chi connectivity index (χ1) is 31.8. The molecule has 3 unspecified atom stereocenters. The molecule has 2 aromatic carbocycles. The number of nitrogens with zero attached hydrogens (tertiary/aromatic N) is 6. The van der Waals surface area contributed by atoms with Gasteiger partial charge in [0.15, 0.2) is 0 Å². The number of aliphatic imine (C=N–C) groups is 1. The summed E-state index contributed by atoms with van der Waals surface area (Å²) in [6.07, 6.45) is 6.52. The van der Waals surface area contributed by atoms with Crippen LogP contribution in [0.1, 0.15) is 102 Å². The van der Waals surface area contributed by atoms with Crippen molar-refractivity contribution in [3.8, 4) is 0 Å². The second-order valence-electron chi connectivity index (χ2n) is 18.6. The topological polar surface area (TPSA) is 200 Å². The number of benzene rings is 2. The summed E-state index contributed by atoms with van der Waals surface area (Å²) in [5, 5.41) is 19.1. The first-order valence-electron chi connectivity index (χ1n) is 23.5. The molecule has 4 fully saturated rings. The highest BCUT2D eigenvalue weighted by Gasteiger charge is 2.46. The molecule has 66 heavy (non-hydrogen) atoms. The number of likely N-dealkylation sites (tertiary alicyclic amines) is 3. The van der Waals surface area contributed by atoms with Crippen molar-refractivity contribution in [2.75, 3.05) is 82.7 Å². The maximum absolute atomic E-state index is 14.6. The number of nitrogens with two attached hydrogens (primary N) is 1. The highest BCUT2D eigenvalue weighted by atomic mass is 19.3. The zero-order chi connectivity index (χ0) is 46.6. The molecule has 8 rings (SSSR count). The van der Waals surface area contributed by atoms with Crippen LogP contribution < -0.4 is 26.6 Å². The molecular formula is C48H63F2N11O5. The van der Waals surface area contributed by atoms with E-state index in [9.17, 15) is 38.2 Å². The molecule has 6 N–H and O–H groups in total. The van der Waals surface area contributed by atoms with Gasteiger partial charge in [-0.2, -0.15) is 0 Å². The minimum Gasteiger partial charge on any atom is -0.404 e. The van der Waals surface area contributed by atoms with E-state index in [1.807, 2.05) is 9.80 Å². The van der Waals surface area contributed by atoms with Gasteiger partial charge in [-0.15, -0.1) is 0 Å². The van der Waals surface area contributed by atoms with Crippen LogP contribution in [0.3, 0.4) is 0 Å². The van der Waals surface area contributed by atoms with Gasteiger partial charge in [-0.25, -0.2) is 8.78 Å². The van der Waals surface area contributed by atoms with E-state index >= 15 is 0 Å². The van der Waals surface area contributed by atoms with E-state index in [4.69, 9.17) is 5.73 Å². The number of carbonyl (C=O) groups excluding carboxylic acids is 5. The molecule has 3 atom stereocenters. The van der Waals surface area contributed by atoms with E-state index in [-0.39, 0.29) is 53.4 Å². The van der Waals surface area contributed by atoms with Gasteiger partial charge in [0, 0.05) is 113 Å². The molecule has 6 heterocycles. The lowest BCUT2D eigenvalue weighted by molar-refractivity contribution is -0.136. The van der Waals surface area contributed by atoms with Crippen LogP contribution in [0.25, 0.3) is 5.57 Å². The van der Waals surface area contributed by atoms with Crippen molar-refractivity contribution >= 4 is 58.5 Å². The van der Waals surface area contributed by atoms with E-state index in [1.54, 1.807) is 38.2 Å². The van der Waals surface area contributed by atoms with Crippen molar-refractivity contribution in [2.45, 2.75) is 89.3 Å². The Kier molecular flexibility index (Phi) is 14.6. The summed E-state index contributed by atoms with van der Waals surface area (Å²) in [5.74, 6) is -1.46. The quantitative estimate of drug-likeness (QED) is 0.111. The molecule has 5 amide bonds. The average molecular weight is 912 g/mol. The third-order valence-electron chi connectivity index (χ3n) is 14.5. The van der Waals surface area contributed by atoms with Gasteiger partial charge in [0.05, 0.1) is 11.1 Å². The van der Waals surface area contributed by atoms with Crippen LogP contribution in [0.5, 0.6) is 0 Å². The molecule has 4 saturated heterocycles. The molecule has 6 aliphatic heterocycles. The van der Waals surface area contributed by atoms with Gasteiger partial charge in [-0.1, -0.05) is 6.07 Å². The van der Waals surface area contributed by atoms with Gasteiger partial charge < -0.3 is 36.0 Å². The number of amidine groups is 1. The van der Waals surface area contributed by atoms with Crippen LogP contribution >= 0.6 is 0 Å². The van der Waals surface area contributed by atoms with Gasteiger partial charge in [0.25, 0.3) is 18.2 Å². The molecule has 0 bridgehead atoms. The summed E-state index contributed by atoms with van der Waals surface area (Å²) >= 11 is 0. The molecule has 16 nitrogen and oxygen atoms in total. The van der Waals surface area contributed by atoms with Crippen molar-refractivity contribution in [3.63, 3.8) is 0 Å². The van der Waals surface area contributed by atoms with E-state index < -0.39 is 36.1 Å². The molecule has 2 aromatic rings. The standard InChI is InChI=1S/C48H63F2N11O5/c1-29(62)59-21-14-38(37(28-59)45(52)60-16-4-5-31-23-35(32(25-51)26-53-2)36(44(49)50)24-41(31)60)55-33-12-19-58(20-13-33)27-30-10-17-57(18-11-30)22-15-54-39-7-3-6-34-43(39)48(66)61(47(34)65)40-8-9-42(63)56-46(40)64/h3,6-7,23-26,30,33,37-38,40,44,52,54-55H,4-5,8-22,27-28,51H2,1-2H3,(H,56,63,64). The number of nitrogens with one attached hydrogen (secondary N) is 4. The smallest absolute Gasteiger partial charge is 0.264 e. The Morgan fingerprint density at radius 3 is 2.42 bits per heavy atom. The Labute approximate surface area is 384 Å². The summed E-state index contributed by atoms with van der Waals surface area (Å²) in [6, 6.07) is 7.65. The third-order valence-corrected chi connectivity index (χ3v) is 14.5. The summed E-state index contributed by atoms with van der Waals surface area (Å²) in [7, 11) is 1.57. The Bertz CT molecular complexity index is 2270. The van der Waals surface area contributed by atoms with Gasteiger partial charge in [-0.3, -0.25) is 44.6 Å². The Hall–Kier alpha value is -5.59. The second-order valence-corrected chi connectivity index (χ2v) is 18.6. The van der Waals surface area contributed by atoms with Crippen molar-refractivity contribution in [1.82, 2.24) is 30.2 Å². The highest BCUT2D eigenvalue weighted by Crippen LogP contribution is 2.39. The molecule has 0 radical (unpaired) electrons. The van der Waals surface area contributed by atoms with Gasteiger partial charge in [-0.05, 0) is 119 Å². The van der Waals surface area contributed by atoms with Gasteiger partial charge in [0.2, 0.25) is 17.7 Å². The number of hydrogen-bond donors (Lipinski definition) is 5. The number of allylic oxidation sites excluding steroid dienone is 1. The predicted octanol–water partition coefficient (Wildman–Crippen LogP) is 3.87. The van der Waals surface area contributed by atoms with Crippen LogP contribution in [0, 0.1) is 17.2 Å². The minimum absolute atomic E-state index is 0.0301. The maximum atomic E-state index is 14.6. The second kappa shape index (κ2) is 20.5. The highest BCUT2D eigenvalue weighted by molar-refractivity contribution is 6.25. The lowest BCUT2D eigenvalue weighted by atomic mass is 9.86. The Morgan fingerprint density at radius 2 is 1.73 bits per heavy atom. The number of carbonyl (C=O) groups is 5. The van der Waals surface area contributed by atoms with Crippen LogP contribution in [-0.4, -0.2) is 152 Å². The van der Waals surface area contributed by atoms with E-state index in [1.165, 1.54) is 18.5 Å². The zero-order valence-corrected chi connectivity index (χ0v) is 38.0. The first kappa shape index (κ1) is 46.9. The minimum atomic E-state index is -2.75. The third kappa shape index (κ3) is 9.91. The molecule has 0 aromatic heterocycles. The summed E-state index contributed by atoms with van der Waals surface area (Å²) in [6.45, 7) is 9.40. The largest absolute Gasteiger partial charge is 0.404 e. The number of imide groups is 2. The predicted molar refractivity (Wildman–Crippen MR) is 249 cm³/mol. The monoisotopic (exact) mass is 911 g/mol. The van der Waals surface area contributed by atoms with Crippen LogP contribution in [0.2, 0.25) is 0 Å². The Balaban J connectivity index is 0.814. The summed E-state index contributed by atoms with van der Waals surface area (Å²) < 4.78 is 29.2. The molecule has 0 saturated carbocycles. The number of aryl methyl sites for hydroxylation is 1. The van der Waals surface area contributed by atoms with Crippen molar-refractivity contribution in [2.24, 2.45) is 22.6 Å². The number of alkyl halides is 2. The number of fused-ring (bicyclic) bond motifs is 2. The van der Waals surface area contributed by atoms with E-state index in [2.05, 4.69) is 30.7 Å². The molecular weight excluding hydrogens is 849 g/mol. The number of anilines is 2. The lowest BCUT2D eigenvalue weighted by Gasteiger charge is -2.45. The fourth-order valence-electron chi connectivity index (χ4n) is 10.9. The molecule has 0 aliphatic carbocycles. The maximum Gasteiger partial charge on any atom is 0.264 e. The Morgan fingerprint density at radius 1 is 0.970 bits per heavy atom. The first-order valence-corrected chi connectivity index (χ1v) is 23.5. The van der Waals surface area contributed by atoms with Gasteiger partial charge in [0.1, 0.15) is 11.9 Å². The fraction of sp³-hybridized carbons (Fsp3) is 0.562. The van der Waals surface area contributed by atoms with Crippen LogP contribution in [0.15, 0.2) is 41.5 Å². The summed E-state index contributed by atoms with van der Waals surface area (Å²) in [5.41, 5.74) is 9.08. The molecule has 6 aliphatic rings. The molecule has 18 heteroatoms. The number of piperidine rings is 4. The van der Waals surface area contributed by atoms with Crippen LogP contribution in [-0.2, 0) is 20.8 Å². The number of rotatable bonds is 13. The average Bonchev–Trinajstić information content (AvgIpc) is 3.57. The van der Waals surface area contributed by atoms with E-state index in [0.717, 1.165) is 81.8 Å². The zero-order valence-electron chi connectivity index (χ0n) is 38.0. The number of halogens is 2. The van der Waals surface area contributed by atoms with Crippen LogP contribution in [0.4, 0.5) is 20.2 Å². The summed E-state index contributed by atoms with van der Waals surface area (Å²) in [4.78, 5) is 77.3. The normalized spacial score (nSPS) is 24.0. The number of hydrogen-bond acceptors (Lipinski definition) is 12. The molecule has 354 valence electrons. The van der Waals surface area contributed by atoms with Gasteiger partial charge >= 0.3 is 0 Å². The lowest BCUT2D eigenvalue weighted by Crippen LogP contribution is -2.59. The fourth-order valence-corrected chi connectivity index (χ4v) is 10.9. The van der Waals surface area contributed by atoms with Crippen molar-refractivity contribution in [3.05, 3.63) is 64.3 Å². The van der Waals surface area contributed by atoms with Crippen molar-refractivity contribution < 1.29 is 32.8 Å².